The van der Waals surface area contributed by atoms with Crippen molar-refractivity contribution in [3.63, 3.8) is 0 Å². The van der Waals surface area contributed by atoms with Crippen molar-refractivity contribution in [2.24, 2.45) is 50.7 Å². The highest BCUT2D eigenvalue weighted by atomic mass is 16.7. The van der Waals surface area contributed by atoms with Gasteiger partial charge in [0.25, 0.3) is 0 Å². The van der Waals surface area contributed by atoms with Crippen LogP contribution in [0.3, 0.4) is 0 Å². The van der Waals surface area contributed by atoms with Crippen molar-refractivity contribution in [2.45, 2.75) is 137 Å². The van der Waals surface area contributed by atoms with Gasteiger partial charge in [0.1, 0.15) is 5.60 Å². The van der Waals surface area contributed by atoms with Gasteiger partial charge in [-0.15, -0.1) is 0 Å². The number of rotatable bonds is 2. The number of aliphatic hydroxyl groups excluding tert-OH is 1. The van der Waals surface area contributed by atoms with E-state index in [1.807, 2.05) is 20.8 Å². The Balaban J connectivity index is 1.09. The Hall–Kier alpha value is -0.890. The van der Waals surface area contributed by atoms with Crippen LogP contribution in [0.5, 0.6) is 0 Å². The summed E-state index contributed by atoms with van der Waals surface area (Å²) >= 11 is 0. The highest BCUT2D eigenvalue weighted by Gasteiger charge is 2.84. The molecule has 7 fully saturated rings. The van der Waals surface area contributed by atoms with Crippen LogP contribution in [0.1, 0.15) is 107 Å². The molecular weight excluding hydrogens is 530 g/mol. The van der Waals surface area contributed by atoms with E-state index in [0.717, 1.165) is 19.4 Å². The van der Waals surface area contributed by atoms with Crippen LogP contribution in [0.4, 0.5) is 4.79 Å². The molecule has 0 radical (unpaired) electrons. The molecule has 5 saturated carbocycles. The second kappa shape index (κ2) is 9.33. The van der Waals surface area contributed by atoms with E-state index in [1.54, 1.807) is 4.90 Å². The summed E-state index contributed by atoms with van der Waals surface area (Å²) in [5, 5.41) is 12.1. The summed E-state index contributed by atoms with van der Waals surface area (Å²) in [6, 6.07) is 0. The molecule has 42 heavy (non-hydrogen) atoms. The van der Waals surface area contributed by atoms with E-state index in [2.05, 4.69) is 34.6 Å². The summed E-state index contributed by atoms with van der Waals surface area (Å²) in [7, 11) is 0. The molecule has 7 heteroatoms. The zero-order chi connectivity index (χ0) is 30.1. The van der Waals surface area contributed by atoms with Gasteiger partial charge in [-0.05, 0) is 117 Å². The molecule has 2 heterocycles. The number of hydrogen-bond acceptors (Lipinski definition) is 6. The van der Waals surface area contributed by atoms with Crippen LogP contribution in [0.2, 0.25) is 0 Å². The summed E-state index contributed by atoms with van der Waals surface area (Å²) in [5.41, 5.74) is 0.254. The van der Waals surface area contributed by atoms with Crippen molar-refractivity contribution in [1.29, 1.82) is 0 Å². The number of carbonyl (C=O) groups is 1. The number of ether oxygens (including phenoxy) is 4. The third-order valence-corrected chi connectivity index (χ3v) is 14.7. The smallest absolute Gasteiger partial charge is 0.410 e. The lowest BCUT2D eigenvalue weighted by Gasteiger charge is -2.63. The first kappa shape index (κ1) is 29.8. The molecule has 0 aromatic heterocycles. The molecular formula is C35H57NO6. The second-order valence-corrected chi connectivity index (χ2v) is 17.7. The number of amides is 1. The summed E-state index contributed by atoms with van der Waals surface area (Å²) < 4.78 is 24.9. The zero-order valence-corrected chi connectivity index (χ0v) is 27.5. The Morgan fingerprint density at radius 2 is 1.64 bits per heavy atom. The van der Waals surface area contributed by atoms with Gasteiger partial charge >= 0.3 is 6.09 Å². The molecule has 2 saturated heterocycles. The van der Waals surface area contributed by atoms with E-state index in [-0.39, 0.29) is 40.7 Å². The SMILES string of the molecule is C[C@@H]1CCOC2[C@H]1C1(C)CCC34CC35CCC(O[C@H]3CN(C(=O)OC(C)(C)C)CCO3)C(C)(C)[C@@H]5CCC4[C@]1(C)[C@H]2O. The molecule has 1 amide bonds. The molecule has 0 aromatic carbocycles. The predicted molar refractivity (Wildman–Crippen MR) is 160 cm³/mol. The standard InChI is InChI=1S/C35H57NO6/c1-21-12-17-40-27-26(21)32(7)14-15-35-20-34(35)13-11-24(31(5,6)22(34)9-10-23(35)33(32,8)28(27)37)41-25-19-36(16-18-39-25)29(38)42-30(2,3)4/h21-28,37H,9-20H2,1-8H3/t21-,22+,23?,24?,25+,26+,27?,28+,32?,33-,34?,35?/m1/s1. The average molecular weight is 588 g/mol. The minimum atomic E-state index is -0.518. The van der Waals surface area contributed by atoms with E-state index in [4.69, 9.17) is 18.9 Å². The summed E-state index contributed by atoms with van der Waals surface area (Å²) in [4.78, 5) is 14.5. The molecule has 12 atom stereocenters. The molecule has 2 spiro atoms. The van der Waals surface area contributed by atoms with Gasteiger partial charge in [-0.25, -0.2) is 4.79 Å². The number of carbonyl (C=O) groups excluding carboxylic acids is 1. The highest BCUT2D eigenvalue weighted by molar-refractivity contribution is 5.68. The fraction of sp³-hybridized carbons (Fsp3) is 0.971. The molecule has 2 aliphatic heterocycles. The number of morpholine rings is 1. The van der Waals surface area contributed by atoms with Crippen molar-refractivity contribution >= 4 is 6.09 Å². The quantitative estimate of drug-likeness (QED) is 0.402. The first-order chi connectivity index (χ1) is 19.6. The summed E-state index contributed by atoms with van der Waals surface area (Å²) in [6.07, 6.45) is 8.65. The first-order valence-electron chi connectivity index (χ1n) is 17.2. The maximum absolute atomic E-state index is 12.8. The van der Waals surface area contributed by atoms with Crippen LogP contribution in [0.15, 0.2) is 0 Å². The van der Waals surface area contributed by atoms with Crippen LogP contribution in [0, 0.1) is 50.7 Å². The molecule has 0 aromatic rings. The van der Waals surface area contributed by atoms with Gasteiger partial charge in [-0.1, -0.05) is 34.6 Å². The Morgan fingerprint density at radius 3 is 2.38 bits per heavy atom. The lowest BCUT2D eigenvalue weighted by atomic mass is 9.41. The van der Waals surface area contributed by atoms with Crippen molar-refractivity contribution in [3.05, 3.63) is 0 Å². The highest BCUT2D eigenvalue weighted by Crippen LogP contribution is 2.89. The van der Waals surface area contributed by atoms with Gasteiger partial charge in [0.2, 0.25) is 0 Å². The van der Waals surface area contributed by atoms with Crippen LogP contribution in [-0.2, 0) is 18.9 Å². The fourth-order valence-electron chi connectivity index (χ4n) is 12.8. The van der Waals surface area contributed by atoms with Gasteiger partial charge < -0.3 is 29.0 Å². The number of fused-ring (bicyclic) bond motifs is 4. The van der Waals surface area contributed by atoms with E-state index >= 15 is 0 Å². The normalized spacial score (nSPS) is 52.7. The van der Waals surface area contributed by atoms with Gasteiger partial charge in [0.05, 0.1) is 31.5 Å². The number of aliphatic hydroxyl groups is 1. The van der Waals surface area contributed by atoms with E-state index in [1.165, 1.54) is 38.5 Å². The Morgan fingerprint density at radius 1 is 0.929 bits per heavy atom. The van der Waals surface area contributed by atoms with Crippen LogP contribution in [-0.4, -0.2) is 72.6 Å². The van der Waals surface area contributed by atoms with E-state index in [0.29, 0.717) is 54.2 Å². The van der Waals surface area contributed by atoms with Gasteiger partial charge in [0, 0.05) is 18.6 Å². The molecule has 5 aliphatic carbocycles. The maximum Gasteiger partial charge on any atom is 0.410 e. The largest absolute Gasteiger partial charge is 0.444 e. The van der Waals surface area contributed by atoms with Gasteiger partial charge in [0.15, 0.2) is 6.29 Å². The first-order valence-corrected chi connectivity index (χ1v) is 17.2. The lowest BCUT2D eigenvalue weighted by molar-refractivity contribution is -0.246. The fourth-order valence-corrected chi connectivity index (χ4v) is 12.8. The van der Waals surface area contributed by atoms with Crippen LogP contribution >= 0.6 is 0 Å². The maximum atomic E-state index is 12.8. The molecule has 238 valence electrons. The topological polar surface area (TPSA) is 77.5 Å². The van der Waals surface area contributed by atoms with E-state index < -0.39 is 11.9 Å². The van der Waals surface area contributed by atoms with Crippen molar-refractivity contribution in [3.8, 4) is 0 Å². The van der Waals surface area contributed by atoms with Gasteiger partial charge in [-0.3, -0.25) is 0 Å². The third-order valence-electron chi connectivity index (χ3n) is 14.7. The predicted octanol–water partition coefficient (Wildman–Crippen LogP) is 6.41. The number of hydrogen-bond donors (Lipinski definition) is 1. The Labute approximate surface area is 253 Å². The lowest BCUT2D eigenvalue weighted by Crippen LogP contribution is -2.60. The minimum Gasteiger partial charge on any atom is -0.444 e. The zero-order valence-electron chi connectivity index (χ0n) is 27.5. The molecule has 6 unspecified atom stereocenters. The van der Waals surface area contributed by atoms with Crippen LogP contribution < -0.4 is 0 Å². The van der Waals surface area contributed by atoms with Crippen LogP contribution in [0.25, 0.3) is 0 Å². The third kappa shape index (κ3) is 3.81. The van der Waals surface area contributed by atoms with Crippen molar-refractivity contribution in [1.82, 2.24) is 4.90 Å². The van der Waals surface area contributed by atoms with Gasteiger partial charge in [-0.2, -0.15) is 0 Å². The number of nitrogens with zero attached hydrogens (tertiary/aromatic N) is 1. The minimum absolute atomic E-state index is 0.00244. The molecule has 0 bridgehead atoms. The molecule has 7 rings (SSSR count). The Kier molecular flexibility index (Phi) is 6.62. The molecule has 7 aliphatic rings. The second-order valence-electron chi connectivity index (χ2n) is 17.7. The summed E-state index contributed by atoms with van der Waals surface area (Å²) in [6.45, 7) is 20.2. The van der Waals surface area contributed by atoms with E-state index in [9.17, 15) is 9.90 Å². The van der Waals surface area contributed by atoms with Crippen molar-refractivity contribution in [2.75, 3.05) is 26.3 Å². The van der Waals surface area contributed by atoms with Crippen molar-refractivity contribution < 1.29 is 28.8 Å². The average Bonchev–Trinajstić information content (AvgIpc) is 3.54. The summed E-state index contributed by atoms with van der Waals surface area (Å²) in [5.74, 6) is 2.25. The molecule has 7 nitrogen and oxygen atoms in total. The molecule has 1 N–H and O–H groups in total. The monoisotopic (exact) mass is 587 g/mol. The Bertz CT molecular complexity index is 1100.